The minimum atomic E-state index is -1.06. The second-order valence-corrected chi connectivity index (χ2v) is 6.93. The number of benzene rings is 1. The SMILES string of the molecule is COCCNC(=O)[C@H](C#N)c1nc2ccccc2nc1N1C[C@@H](C)O[C@H](C)C1. The number of hydrogen-bond donors (Lipinski definition) is 1. The van der Waals surface area contributed by atoms with Crippen LogP contribution in [0, 0.1) is 11.3 Å². The Morgan fingerprint density at radius 1 is 1.32 bits per heavy atom. The number of hydrogen-bond acceptors (Lipinski definition) is 7. The number of nitrogens with zero attached hydrogens (tertiary/aromatic N) is 4. The molecule has 0 radical (unpaired) electrons. The van der Waals surface area contributed by atoms with E-state index in [0.717, 1.165) is 5.52 Å². The maximum atomic E-state index is 12.6. The van der Waals surface area contributed by atoms with Gasteiger partial charge in [-0.25, -0.2) is 9.97 Å². The molecule has 148 valence electrons. The van der Waals surface area contributed by atoms with Gasteiger partial charge in [-0.3, -0.25) is 4.79 Å². The third-order valence-corrected chi connectivity index (χ3v) is 4.57. The highest BCUT2D eigenvalue weighted by molar-refractivity contribution is 5.88. The molecule has 0 aliphatic carbocycles. The van der Waals surface area contributed by atoms with Crippen LogP contribution in [0.2, 0.25) is 0 Å². The molecular weight excluding hydrogens is 358 g/mol. The van der Waals surface area contributed by atoms with Gasteiger partial charge in [0.2, 0.25) is 5.91 Å². The summed E-state index contributed by atoms with van der Waals surface area (Å²) in [6, 6.07) is 9.56. The maximum Gasteiger partial charge on any atom is 0.243 e. The lowest BCUT2D eigenvalue weighted by Crippen LogP contribution is -2.46. The van der Waals surface area contributed by atoms with Gasteiger partial charge in [0, 0.05) is 26.7 Å². The zero-order valence-corrected chi connectivity index (χ0v) is 16.4. The van der Waals surface area contributed by atoms with Crippen LogP contribution < -0.4 is 10.2 Å². The fraction of sp³-hybridized carbons (Fsp3) is 0.500. The molecule has 0 unspecified atom stereocenters. The summed E-state index contributed by atoms with van der Waals surface area (Å²) in [5, 5.41) is 12.5. The summed E-state index contributed by atoms with van der Waals surface area (Å²) < 4.78 is 10.8. The minimum Gasteiger partial charge on any atom is -0.383 e. The van der Waals surface area contributed by atoms with Gasteiger partial charge < -0.3 is 19.7 Å². The number of carbonyl (C=O) groups is 1. The molecule has 1 aromatic heterocycles. The van der Waals surface area contributed by atoms with E-state index in [0.29, 0.717) is 43.3 Å². The molecule has 1 fully saturated rings. The van der Waals surface area contributed by atoms with Crippen LogP contribution >= 0.6 is 0 Å². The highest BCUT2D eigenvalue weighted by Crippen LogP contribution is 2.29. The molecule has 1 aliphatic rings. The summed E-state index contributed by atoms with van der Waals surface area (Å²) in [7, 11) is 1.56. The van der Waals surface area contributed by atoms with Crippen LogP contribution in [0.5, 0.6) is 0 Å². The third kappa shape index (κ3) is 4.38. The van der Waals surface area contributed by atoms with Gasteiger partial charge in [0.05, 0.1) is 35.9 Å². The van der Waals surface area contributed by atoms with Crippen LogP contribution in [-0.2, 0) is 14.3 Å². The Morgan fingerprint density at radius 3 is 2.57 bits per heavy atom. The number of para-hydroxylation sites is 2. The zero-order valence-electron chi connectivity index (χ0n) is 16.4. The average molecular weight is 383 g/mol. The smallest absolute Gasteiger partial charge is 0.243 e. The number of anilines is 1. The first-order valence-corrected chi connectivity index (χ1v) is 9.36. The van der Waals surface area contributed by atoms with Gasteiger partial charge in [0.25, 0.3) is 0 Å². The Bertz CT molecular complexity index is 872. The van der Waals surface area contributed by atoms with Crippen molar-refractivity contribution in [3.63, 3.8) is 0 Å². The predicted molar refractivity (Wildman–Crippen MR) is 105 cm³/mol. The van der Waals surface area contributed by atoms with Crippen molar-refractivity contribution in [2.45, 2.75) is 32.0 Å². The van der Waals surface area contributed by atoms with Gasteiger partial charge in [-0.05, 0) is 26.0 Å². The average Bonchev–Trinajstić information content (AvgIpc) is 2.67. The van der Waals surface area contributed by atoms with Crippen LogP contribution in [0.25, 0.3) is 11.0 Å². The molecule has 0 spiro atoms. The second kappa shape index (κ2) is 8.95. The summed E-state index contributed by atoms with van der Waals surface area (Å²) in [6.45, 7) is 5.93. The van der Waals surface area contributed by atoms with Gasteiger partial charge in [0.1, 0.15) is 5.69 Å². The molecule has 3 rings (SSSR count). The third-order valence-electron chi connectivity index (χ3n) is 4.57. The number of nitriles is 1. The van der Waals surface area contributed by atoms with E-state index in [1.165, 1.54) is 0 Å². The Hall–Kier alpha value is -2.76. The Kier molecular flexibility index (Phi) is 6.39. The first-order valence-electron chi connectivity index (χ1n) is 9.36. The van der Waals surface area contributed by atoms with Gasteiger partial charge in [0.15, 0.2) is 11.7 Å². The molecule has 0 saturated carbocycles. The van der Waals surface area contributed by atoms with Crippen LogP contribution in [0.3, 0.4) is 0 Å². The maximum absolute atomic E-state index is 12.6. The van der Waals surface area contributed by atoms with E-state index < -0.39 is 11.8 Å². The van der Waals surface area contributed by atoms with Gasteiger partial charge in [-0.15, -0.1) is 0 Å². The highest BCUT2D eigenvalue weighted by Gasteiger charge is 2.31. The van der Waals surface area contributed by atoms with Crippen LogP contribution in [0.4, 0.5) is 5.82 Å². The fourth-order valence-corrected chi connectivity index (χ4v) is 3.40. The number of ether oxygens (including phenoxy) is 2. The normalized spacial score (nSPS) is 20.6. The number of rotatable bonds is 6. The Labute approximate surface area is 164 Å². The fourth-order valence-electron chi connectivity index (χ4n) is 3.40. The monoisotopic (exact) mass is 383 g/mol. The Morgan fingerprint density at radius 2 is 1.96 bits per heavy atom. The molecule has 1 saturated heterocycles. The molecule has 1 N–H and O–H groups in total. The second-order valence-electron chi connectivity index (χ2n) is 6.93. The molecule has 3 atom stereocenters. The van der Waals surface area contributed by atoms with Crippen molar-refractivity contribution < 1.29 is 14.3 Å². The predicted octanol–water partition coefficient (Wildman–Crippen LogP) is 1.61. The van der Waals surface area contributed by atoms with Crippen molar-refractivity contribution in [2.24, 2.45) is 0 Å². The highest BCUT2D eigenvalue weighted by atomic mass is 16.5. The first kappa shape index (κ1) is 20.0. The lowest BCUT2D eigenvalue weighted by atomic mass is 10.0. The lowest BCUT2D eigenvalue weighted by molar-refractivity contribution is -0.121. The number of amides is 1. The Balaban J connectivity index is 2.03. The summed E-state index contributed by atoms with van der Waals surface area (Å²) >= 11 is 0. The lowest BCUT2D eigenvalue weighted by Gasteiger charge is -2.37. The largest absolute Gasteiger partial charge is 0.383 e. The van der Waals surface area contributed by atoms with Crippen LogP contribution in [0.15, 0.2) is 24.3 Å². The summed E-state index contributed by atoms with van der Waals surface area (Å²) in [6.07, 6.45) is 0.0295. The van der Waals surface area contributed by atoms with Crippen LogP contribution in [0.1, 0.15) is 25.5 Å². The van der Waals surface area contributed by atoms with E-state index in [9.17, 15) is 10.1 Å². The molecule has 8 nitrogen and oxygen atoms in total. The summed E-state index contributed by atoms with van der Waals surface area (Å²) in [5.74, 6) is -0.897. The summed E-state index contributed by atoms with van der Waals surface area (Å²) in [5.41, 5.74) is 1.75. The van der Waals surface area contributed by atoms with Gasteiger partial charge >= 0.3 is 0 Å². The topological polar surface area (TPSA) is 100 Å². The summed E-state index contributed by atoms with van der Waals surface area (Å²) in [4.78, 5) is 24.1. The van der Waals surface area contributed by atoms with E-state index in [4.69, 9.17) is 14.5 Å². The van der Waals surface area contributed by atoms with Crippen molar-refractivity contribution in [3.05, 3.63) is 30.0 Å². The van der Waals surface area contributed by atoms with E-state index in [2.05, 4.69) is 21.3 Å². The molecule has 1 amide bonds. The molecule has 8 heteroatoms. The number of fused-ring (bicyclic) bond motifs is 1. The molecule has 2 heterocycles. The van der Waals surface area contributed by atoms with E-state index in [-0.39, 0.29) is 12.2 Å². The molecule has 1 aromatic carbocycles. The van der Waals surface area contributed by atoms with E-state index >= 15 is 0 Å². The molecule has 0 bridgehead atoms. The number of aromatic nitrogens is 2. The standard InChI is InChI=1S/C20H25N5O3/c1-13-11-25(12-14(2)28-13)19-18(15(10-21)20(26)22-8-9-27-3)23-16-6-4-5-7-17(16)24-19/h4-7,13-15H,8-9,11-12H2,1-3H3,(H,22,26)/t13-,14-,15-/m1/s1. The van der Waals surface area contributed by atoms with E-state index in [1.807, 2.05) is 38.1 Å². The van der Waals surface area contributed by atoms with E-state index in [1.54, 1.807) is 7.11 Å². The quantitative estimate of drug-likeness (QED) is 0.757. The number of methoxy groups -OCH3 is 1. The number of carbonyl (C=O) groups excluding carboxylic acids is 1. The van der Waals surface area contributed by atoms with Crippen molar-refractivity contribution in [1.82, 2.24) is 15.3 Å². The molecule has 2 aromatic rings. The van der Waals surface area contributed by atoms with Crippen molar-refractivity contribution >= 4 is 22.8 Å². The number of morpholine rings is 1. The first-order chi connectivity index (χ1) is 13.5. The van der Waals surface area contributed by atoms with Gasteiger partial charge in [-0.2, -0.15) is 5.26 Å². The van der Waals surface area contributed by atoms with Gasteiger partial charge in [-0.1, -0.05) is 12.1 Å². The molecular formula is C20H25N5O3. The van der Waals surface area contributed by atoms with Crippen molar-refractivity contribution in [2.75, 3.05) is 38.3 Å². The van der Waals surface area contributed by atoms with Crippen molar-refractivity contribution in [1.29, 1.82) is 5.26 Å². The van der Waals surface area contributed by atoms with Crippen molar-refractivity contribution in [3.8, 4) is 6.07 Å². The zero-order chi connectivity index (χ0) is 20.1. The number of nitrogens with one attached hydrogen (secondary N) is 1. The molecule has 28 heavy (non-hydrogen) atoms. The minimum absolute atomic E-state index is 0.0148. The van der Waals surface area contributed by atoms with Crippen LogP contribution in [-0.4, -0.2) is 61.4 Å². The molecule has 1 aliphatic heterocycles.